The van der Waals surface area contributed by atoms with E-state index in [4.69, 9.17) is 11.0 Å². The first-order valence-electron chi connectivity index (χ1n) is 6.32. The van der Waals surface area contributed by atoms with Gasteiger partial charge in [-0.1, -0.05) is 12.1 Å². The molecule has 1 aromatic rings. The minimum absolute atomic E-state index is 0.209. The molecule has 3 nitrogen and oxygen atoms in total. The molecule has 0 aliphatic heterocycles. The number of halogens is 1. The molecule has 1 aliphatic rings. The molecule has 0 bridgehead atoms. The maximum absolute atomic E-state index is 14.1. The average Bonchev–Trinajstić information content (AvgIpc) is 3.15. The van der Waals surface area contributed by atoms with Crippen molar-refractivity contribution in [3.8, 4) is 6.07 Å². The van der Waals surface area contributed by atoms with Gasteiger partial charge in [0.25, 0.3) is 0 Å². The molecule has 1 aliphatic carbocycles. The molecular formula is C14H18FN3. The number of anilines is 1. The van der Waals surface area contributed by atoms with Gasteiger partial charge < -0.3 is 10.6 Å². The molecule has 1 aromatic carbocycles. The zero-order valence-corrected chi connectivity index (χ0v) is 10.6. The molecular weight excluding hydrogens is 229 g/mol. The maximum atomic E-state index is 14.1. The van der Waals surface area contributed by atoms with Crippen molar-refractivity contribution in [3.05, 3.63) is 29.6 Å². The van der Waals surface area contributed by atoms with Crippen LogP contribution in [0.25, 0.3) is 0 Å². The molecule has 0 amide bonds. The van der Waals surface area contributed by atoms with Gasteiger partial charge in [-0.25, -0.2) is 4.39 Å². The molecule has 2 rings (SSSR count). The average molecular weight is 247 g/mol. The van der Waals surface area contributed by atoms with Crippen LogP contribution in [-0.2, 0) is 0 Å². The van der Waals surface area contributed by atoms with Gasteiger partial charge in [-0.15, -0.1) is 0 Å². The summed E-state index contributed by atoms with van der Waals surface area (Å²) in [7, 11) is 0. The quantitative estimate of drug-likeness (QED) is 0.870. The van der Waals surface area contributed by atoms with Crippen molar-refractivity contribution in [2.45, 2.75) is 38.3 Å². The van der Waals surface area contributed by atoms with Gasteiger partial charge in [0.1, 0.15) is 5.82 Å². The van der Waals surface area contributed by atoms with Crippen LogP contribution in [0.3, 0.4) is 0 Å². The molecule has 0 saturated heterocycles. The number of hydrogen-bond donors (Lipinski definition) is 1. The second kappa shape index (κ2) is 5.36. The van der Waals surface area contributed by atoms with Gasteiger partial charge in [0.05, 0.1) is 18.2 Å². The third-order valence-electron chi connectivity index (χ3n) is 3.25. The molecule has 4 heteroatoms. The summed E-state index contributed by atoms with van der Waals surface area (Å²) in [5.74, 6) is -0.241. The van der Waals surface area contributed by atoms with E-state index in [-0.39, 0.29) is 11.9 Å². The van der Waals surface area contributed by atoms with Gasteiger partial charge in [-0.05, 0) is 31.4 Å². The summed E-state index contributed by atoms with van der Waals surface area (Å²) < 4.78 is 14.1. The Kier molecular flexibility index (Phi) is 3.83. The van der Waals surface area contributed by atoms with Crippen molar-refractivity contribution in [2.24, 2.45) is 5.73 Å². The van der Waals surface area contributed by atoms with Gasteiger partial charge in [-0.2, -0.15) is 5.26 Å². The standard InChI is InChI=1S/C14H18FN3/c1-10(17)12-4-2-5-13(15)14(12)18(9-3-8-16)11-6-7-11/h2,4-5,10-11H,3,6-7,9,17H2,1H3/t10-/m0/s1. The van der Waals surface area contributed by atoms with Gasteiger partial charge in [0, 0.05) is 18.6 Å². The number of nitrogens with two attached hydrogens (primary N) is 1. The summed E-state index contributed by atoms with van der Waals surface area (Å²) in [6.07, 6.45) is 2.54. The first-order valence-corrected chi connectivity index (χ1v) is 6.32. The monoisotopic (exact) mass is 247 g/mol. The number of nitrogens with zero attached hydrogens (tertiary/aromatic N) is 2. The molecule has 0 unspecified atom stereocenters. The predicted octanol–water partition coefficient (Wildman–Crippen LogP) is 2.73. The molecule has 2 N–H and O–H groups in total. The van der Waals surface area contributed by atoms with Crippen LogP contribution in [0, 0.1) is 17.1 Å². The Morgan fingerprint density at radius 1 is 1.56 bits per heavy atom. The van der Waals surface area contributed by atoms with E-state index in [1.807, 2.05) is 17.9 Å². The second-order valence-electron chi connectivity index (χ2n) is 4.80. The third kappa shape index (κ3) is 2.62. The van der Waals surface area contributed by atoms with E-state index >= 15 is 0 Å². The summed E-state index contributed by atoms with van der Waals surface area (Å²) >= 11 is 0. The number of rotatable bonds is 5. The van der Waals surface area contributed by atoms with Gasteiger partial charge in [-0.3, -0.25) is 0 Å². The SMILES string of the molecule is C[C@H](N)c1cccc(F)c1N(CCC#N)C1CC1. The molecule has 96 valence electrons. The van der Waals surface area contributed by atoms with Crippen LogP contribution < -0.4 is 10.6 Å². The maximum Gasteiger partial charge on any atom is 0.146 e. The molecule has 0 aromatic heterocycles. The summed E-state index contributed by atoms with van der Waals surface area (Å²) in [6, 6.07) is 7.30. The lowest BCUT2D eigenvalue weighted by Gasteiger charge is -2.27. The zero-order valence-electron chi connectivity index (χ0n) is 10.6. The summed E-state index contributed by atoms with van der Waals surface area (Å²) in [5.41, 5.74) is 7.32. The van der Waals surface area contributed by atoms with E-state index in [2.05, 4.69) is 6.07 Å². The Morgan fingerprint density at radius 2 is 2.28 bits per heavy atom. The first-order chi connectivity index (χ1) is 8.65. The highest BCUT2D eigenvalue weighted by Gasteiger charge is 2.32. The molecule has 1 fully saturated rings. The molecule has 18 heavy (non-hydrogen) atoms. The van der Waals surface area contributed by atoms with E-state index in [1.54, 1.807) is 6.07 Å². The van der Waals surface area contributed by atoms with Crippen molar-refractivity contribution < 1.29 is 4.39 Å². The van der Waals surface area contributed by atoms with E-state index in [0.29, 0.717) is 24.7 Å². The number of nitriles is 1. The van der Waals surface area contributed by atoms with E-state index in [0.717, 1.165) is 18.4 Å². The van der Waals surface area contributed by atoms with Crippen LogP contribution in [0.4, 0.5) is 10.1 Å². The van der Waals surface area contributed by atoms with Crippen LogP contribution in [-0.4, -0.2) is 12.6 Å². The van der Waals surface area contributed by atoms with Crippen LogP contribution in [0.5, 0.6) is 0 Å². The highest BCUT2D eigenvalue weighted by atomic mass is 19.1. The van der Waals surface area contributed by atoms with Crippen molar-refractivity contribution in [3.63, 3.8) is 0 Å². The number of hydrogen-bond acceptors (Lipinski definition) is 3. The highest BCUT2D eigenvalue weighted by Crippen LogP contribution is 2.36. The lowest BCUT2D eigenvalue weighted by atomic mass is 10.0. The number of para-hydroxylation sites is 1. The van der Waals surface area contributed by atoms with Gasteiger partial charge in [0.2, 0.25) is 0 Å². The van der Waals surface area contributed by atoms with Crippen LogP contribution in [0.1, 0.15) is 37.8 Å². The number of benzene rings is 1. The largest absolute Gasteiger partial charge is 0.365 e. The van der Waals surface area contributed by atoms with Crippen molar-refractivity contribution in [1.29, 1.82) is 5.26 Å². The van der Waals surface area contributed by atoms with Crippen molar-refractivity contribution in [1.82, 2.24) is 0 Å². The summed E-state index contributed by atoms with van der Waals surface area (Å²) in [5, 5.41) is 8.72. The Bertz CT molecular complexity index is 461. The fourth-order valence-corrected chi connectivity index (χ4v) is 2.24. The molecule has 1 atom stereocenters. The molecule has 0 radical (unpaired) electrons. The smallest absolute Gasteiger partial charge is 0.146 e. The summed E-state index contributed by atoms with van der Waals surface area (Å²) in [6.45, 7) is 2.43. The molecule has 0 heterocycles. The van der Waals surface area contributed by atoms with Crippen LogP contribution in [0.2, 0.25) is 0 Å². The van der Waals surface area contributed by atoms with Gasteiger partial charge >= 0.3 is 0 Å². The fourth-order valence-electron chi connectivity index (χ4n) is 2.24. The topological polar surface area (TPSA) is 53.0 Å². The Balaban J connectivity index is 2.36. The van der Waals surface area contributed by atoms with E-state index in [9.17, 15) is 4.39 Å². The Morgan fingerprint density at radius 3 is 2.83 bits per heavy atom. The van der Waals surface area contributed by atoms with Crippen molar-refractivity contribution >= 4 is 5.69 Å². The van der Waals surface area contributed by atoms with E-state index < -0.39 is 0 Å². The lowest BCUT2D eigenvalue weighted by Crippen LogP contribution is -2.29. The fraction of sp³-hybridized carbons (Fsp3) is 0.500. The molecule has 0 spiro atoms. The zero-order chi connectivity index (χ0) is 13.1. The lowest BCUT2D eigenvalue weighted by molar-refractivity contribution is 0.608. The van der Waals surface area contributed by atoms with Gasteiger partial charge in [0.15, 0.2) is 0 Å². The van der Waals surface area contributed by atoms with Crippen LogP contribution in [0.15, 0.2) is 18.2 Å². The third-order valence-corrected chi connectivity index (χ3v) is 3.25. The Labute approximate surface area is 107 Å². The molecule has 1 saturated carbocycles. The normalized spacial score (nSPS) is 16.1. The predicted molar refractivity (Wildman–Crippen MR) is 69.6 cm³/mol. The second-order valence-corrected chi connectivity index (χ2v) is 4.80. The minimum Gasteiger partial charge on any atom is -0.365 e. The first kappa shape index (κ1) is 12.8. The van der Waals surface area contributed by atoms with Crippen LogP contribution >= 0.6 is 0 Å². The minimum atomic E-state index is -0.241. The van der Waals surface area contributed by atoms with Crippen molar-refractivity contribution in [2.75, 3.05) is 11.4 Å². The Hall–Kier alpha value is -1.60. The summed E-state index contributed by atoms with van der Waals surface area (Å²) in [4.78, 5) is 2.01. The van der Waals surface area contributed by atoms with E-state index in [1.165, 1.54) is 6.07 Å². The highest BCUT2D eigenvalue weighted by molar-refractivity contribution is 5.57.